The van der Waals surface area contributed by atoms with E-state index >= 15 is 0 Å². The summed E-state index contributed by atoms with van der Waals surface area (Å²) < 4.78 is 32.7. The van der Waals surface area contributed by atoms with Crippen LogP contribution >= 0.6 is 11.6 Å². The summed E-state index contributed by atoms with van der Waals surface area (Å²) in [7, 11) is -2.23. The number of rotatable bonds is 9. The minimum absolute atomic E-state index is 0.0567. The van der Waals surface area contributed by atoms with Gasteiger partial charge in [0.25, 0.3) is 5.91 Å². The fourth-order valence-electron chi connectivity index (χ4n) is 2.44. The summed E-state index contributed by atoms with van der Waals surface area (Å²) in [4.78, 5) is 12.5. The summed E-state index contributed by atoms with van der Waals surface area (Å²) in [6.45, 7) is 2.42. The van der Waals surface area contributed by atoms with Gasteiger partial charge in [0.05, 0.1) is 17.7 Å². The zero-order valence-electron chi connectivity index (χ0n) is 15.3. The molecule has 6 nitrogen and oxygen atoms in total. The van der Waals surface area contributed by atoms with Crippen LogP contribution < -0.4 is 14.8 Å². The van der Waals surface area contributed by atoms with E-state index < -0.39 is 15.9 Å². The lowest BCUT2D eigenvalue weighted by Crippen LogP contribution is -2.25. The third-order valence-corrected chi connectivity index (χ3v) is 5.58. The topological polar surface area (TPSA) is 84.5 Å². The van der Waals surface area contributed by atoms with Crippen molar-refractivity contribution >= 4 is 33.2 Å². The largest absolute Gasteiger partial charge is 0.495 e. The summed E-state index contributed by atoms with van der Waals surface area (Å²) in [5.41, 5.74) is 0.620. The molecular weight excluding hydrogens is 388 g/mol. The van der Waals surface area contributed by atoms with Crippen LogP contribution in [0.5, 0.6) is 5.75 Å². The zero-order chi connectivity index (χ0) is 19.9. The normalized spacial score (nSPS) is 11.2. The summed E-state index contributed by atoms with van der Waals surface area (Å²) in [5, 5.41) is 3.11. The summed E-state index contributed by atoms with van der Waals surface area (Å²) >= 11 is 5.91. The van der Waals surface area contributed by atoms with Gasteiger partial charge in [-0.25, -0.2) is 13.1 Å². The van der Waals surface area contributed by atoms with Gasteiger partial charge in [0.1, 0.15) is 5.75 Å². The molecule has 146 valence electrons. The first kappa shape index (κ1) is 21.2. The summed E-state index contributed by atoms with van der Waals surface area (Å²) in [6.07, 6.45) is 2.72. The molecule has 8 heteroatoms. The molecule has 2 aromatic carbocycles. The predicted molar refractivity (Wildman–Crippen MR) is 107 cm³/mol. The molecule has 0 bridgehead atoms. The van der Waals surface area contributed by atoms with Crippen LogP contribution in [0.15, 0.2) is 47.4 Å². The van der Waals surface area contributed by atoms with Crippen LogP contribution in [0.25, 0.3) is 0 Å². The first-order valence-corrected chi connectivity index (χ1v) is 10.5. The molecule has 0 aromatic heterocycles. The number of sulfonamides is 1. The molecule has 0 saturated carbocycles. The lowest BCUT2D eigenvalue weighted by molar-refractivity contribution is 0.102. The number of nitrogens with one attached hydrogen (secondary N) is 2. The molecule has 0 saturated heterocycles. The number of halogens is 1. The Hall–Kier alpha value is -2.09. The van der Waals surface area contributed by atoms with Crippen molar-refractivity contribution in [3.05, 3.63) is 53.1 Å². The van der Waals surface area contributed by atoms with E-state index in [0.29, 0.717) is 22.9 Å². The maximum atomic E-state index is 12.5. The van der Waals surface area contributed by atoms with E-state index in [0.717, 1.165) is 19.3 Å². The average Bonchev–Trinajstić information content (AvgIpc) is 2.65. The van der Waals surface area contributed by atoms with Gasteiger partial charge in [-0.15, -0.1) is 0 Å². The van der Waals surface area contributed by atoms with Crippen molar-refractivity contribution < 1.29 is 17.9 Å². The summed E-state index contributed by atoms with van der Waals surface area (Å²) in [5.74, 6) is -0.0587. The Morgan fingerprint density at radius 2 is 1.93 bits per heavy atom. The first-order chi connectivity index (χ1) is 12.9. The third-order valence-electron chi connectivity index (χ3n) is 3.89. The lowest BCUT2D eigenvalue weighted by atomic mass is 10.2. The standard InChI is InChI=1S/C19H23ClN2O4S/c1-3-4-5-11-21-27(24,25)16-9-10-18(26-2)17(13-16)22-19(23)14-7-6-8-15(20)12-14/h6-10,12-13,21H,3-5,11H2,1-2H3,(H,22,23). The molecule has 0 atom stereocenters. The van der Waals surface area contributed by atoms with E-state index in [2.05, 4.69) is 10.0 Å². The number of carbonyl (C=O) groups excluding carboxylic acids is 1. The number of benzene rings is 2. The molecule has 2 aromatic rings. The maximum Gasteiger partial charge on any atom is 0.255 e. The van der Waals surface area contributed by atoms with Gasteiger partial charge < -0.3 is 10.1 Å². The number of hydrogen-bond donors (Lipinski definition) is 2. The second-order valence-corrected chi connectivity index (χ2v) is 8.13. The number of ether oxygens (including phenoxy) is 1. The van der Waals surface area contributed by atoms with E-state index in [4.69, 9.17) is 16.3 Å². The van der Waals surface area contributed by atoms with Crippen LogP contribution in [0.3, 0.4) is 0 Å². The quantitative estimate of drug-likeness (QED) is 0.610. The first-order valence-electron chi connectivity index (χ1n) is 8.62. The highest BCUT2D eigenvalue weighted by molar-refractivity contribution is 7.89. The molecule has 2 rings (SSSR count). The fourth-order valence-corrected chi connectivity index (χ4v) is 3.73. The van der Waals surface area contributed by atoms with Gasteiger partial charge in [-0.3, -0.25) is 4.79 Å². The number of methoxy groups -OCH3 is 1. The van der Waals surface area contributed by atoms with Crippen LogP contribution in [-0.2, 0) is 10.0 Å². The van der Waals surface area contributed by atoms with E-state index in [1.165, 1.54) is 31.4 Å². The maximum absolute atomic E-state index is 12.5. The third kappa shape index (κ3) is 5.95. The predicted octanol–water partition coefficient (Wildman–Crippen LogP) is 4.07. The summed E-state index contributed by atoms with van der Waals surface area (Å²) in [6, 6.07) is 10.8. The number of unbranched alkanes of at least 4 members (excludes halogenated alkanes) is 2. The van der Waals surface area contributed by atoms with Gasteiger partial charge in [0, 0.05) is 17.1 Å². The molecule has 0 radical (unpaired) electrons. The molecule has 2 N–H and O–H groups in total. The second-order valence-electron chi connectivity index (χ2n) is 5.93. The highest BCUT2D eigenvalue weighted by Gasteiger charge is 2.17. The molecule has 0 aliphatic carbocycles. The Morgan fingerprint density at radius 1 is 1.15 bits per heavy atom. The van der Waals surface area contributed by atoms with Gasteiger partial charge in [-0.1, -0.05) is 37.4 Å². The van der Waals surface area contributed by atoms with Crippen LogP contribution in [0.2, 0.25) is 5.02 Å². The molecule has 0 aliphatic heterocycles. The number of hydrogen-bond acceptors (Lipinski definition) is 4. The van der Waals surface area contributed by atoms with Gasteiger partial charge >= 0.3 is 0 Å². The minimum Gasteiger partial charge on any atom is -0.495 e. The van der Waals surface area contributed by atoms with Crippen molar-refractivity contribution in [2.24, 2.45) is 0 Å². The van der Waals surface area contributed by atoms with E-state index in [9.17, 15) is 13.2 Å². The van der Waals surface area contributed by atoms with Crippen LogP contribution in [0.4, 0.5) is 5.69 Å². The molecule has 0 heterocycles. The van der Waals surface area contributed by atoms with Crippen molar-refractivity contribution in [1.29, 1.82) is 0 Å². The smallest absolute Gasteiger partial charge is 0.255 e. The number of amides is 1. The highest BCUT2D eigenvalue weighted by atomic mass is 35.5. The molecule has 0 aliphatic rings. The van der Waals surface area contributed by atoms with Gasteiger partial charge in [-0.2, -0.15) is 0 Å². The highest BCUT2D eigenvalue weighted by Crippen LogP contribution is 2.28. The lowest BCUT2D eigenvalue weighted by Gasteiger charge is -2.13. The molecule has 0 spiro atoms. The zero-order valence-corrected chi connectivity index (χ0v) is 16.9. The van der Waals surface area contributed by atoms with Crippen molar-refractivity contribution in [1.82, 2.24) is 4.72 Å². The molecule has 0 unspecified atom stereocenters. The Bertz CT molecular complexity index is 900. The Balaban J connectivity index is 2.23. The second kappa shape index (κ2) is 9.73. The van der Waals surface area contributed by atoms with E-state index in [-0.39, 0.29) is 10.6 Å². The van der Waals surface area contributed by atoms with Gasteiger partial charge in [-0.05, 0) is 42.8 Å². The molecule has 0 fully saturated rings. The van der Waals surface area contributed by atoms with Crippen molar-refractivity contribution in [3.63, 3.8) is 0 Å². The molecular formula is C19H23ClN2O4S. The Kier molecular flexibility index (Phi) is 7.65. The van der Waals surface area contributed by atoms with Crippen molar-refractivity contribution in [2.45, 2.75) is 31.1 Å². The van der Waals surface area contributed by atoms with E-state index in [1.54, 1.807) is 18.2 Å². The van der Waals surface area contributed by atoms with Crippen LogP contribution in [-0.4, -0.2) is 28.0 Å². The molecule has 1 amide bonds. The van der Waals surface area contributed by atoms with E-state index in [1.807, 2.05) is 6.92 Å². The van der Waals surface area contributed by atoms with Crippen LogP contribution in [0.1, 0.15) is 36.5 Å². The number of carbonyl (C=O) groups is 1. The van der Waals surface area contributed by atoms with Crippen molar-refractivity contribution in [3.8, 4) is 5.75 Å². The SMILES string of the molecule is CCCCCNS(=O)(=O)c1ccc(OC)c(NC(=O)c2cccc(Cl)c2)c1. The molecule has 27 heavy (non-hydrogen) atoms. The van der Waals surface area contributed by atoms with Crippen LogP contribution in [0, 0.1) is 0 Å². The Morgan fingerprint density at radius 3 is 2.59 bits per heavy atom. The van der Waals surface area contributed by atoms with Gasteiger partial charge in [0.15, 0.2) is 0 Å². The Labute approximate surface area is 164 Å². The monoisotopic (exact) mass is 410 g/mol. The average molecular weight is 411 g/mol. The van der Waals surface area contributed by atoms with Crippen molar-refractivity contribution in [2.75, 3.05) is 19.0 Å². The fraction of sp³-hybridized carbons (Fsp3) is 0.316. The minimum atomic E-state index is -3.67. The van der Waals surface area contributed by atoms with Gasteiger partial charge in [0.2, 0.25) is 10.0 Å². The number of anilines is 1.